The second-order valence-corrected chi connectivity index (χ2v) is 5.09. The van der Waals surface area contributed by atoms with Gasteiger partial charge in [0.15, 0.2) is 0 Å². The number of hydrogen-bond acceptors (Lipinski definition) is 4. The van der Waals surface area contributed by atoms with E-state index in [2.05, 4.69) is 21.5 Å². The van der Waals surface area contributed by atoms with Crippen molar-refractivity contribution in [3.8, 4) is 0 Å². The van der Waals surface area contributed by atoms with Crippen LogP contribution in [0.4, 0.5) is 0 Å². The molecule has 2 rings (SSSR count). The van der Waals surface area contributed by atoms with E-state index in [1.165, 1.54) is 10.4 Å². The monoisotopic (exact) mass is 239 g/mol. The first-order valence-corrected chi connectivity index (χ1v) is 6.41. The lowest BCUT2D eigenvalue weighted by atomic mass is 10.1. The number of amidine groups is 1. The Balaban J connectivity index is 1.77. The minimum atomic E-state index is 0.327. The molecule has 0 aliphatic carbocycles. The molecule has 4 nitrogen and oxygen atoms in total. The summed E-state index contributed by atoms with van der Waals surface area (Å²) in [6.45, 7) is 3.20. The normalized spacial score (nSPS) is 17.4. The average molecular weight is 239 g/mol. The molecule has 0 radical (unpaired) electrons. The third-order valence-corrected chi connectivity index (χ3v) is 3.95. The second-order valence-electron chi connectivity index (χ2n) is 4.09. The summed E-state index contributed by atoms with van der Waals surface area (Å²) in [5.74, 6) is 0.327. The van der Waals surface area contributed by atoms with E-state index in [0.29, 0.717) is 12.3 Å². The molecule has 0 fully saturated rings. The summed E-state index contributed by atoms with van der Waals surface area (Å²) in [6, 6.07) is 2.22. The van der Waals surface area contributed by atoms with Crippen molar-refractivity contribution < 1.29 is 5.21 Å². The molecule has 0 aromatic carbocycles. The smallest absolute Gasteiger partial charge is 0.139 e. The van der Waals surface area contributed by atoms with Gasteiger partial charge in [-0.2, -0.15) is 0 Å². The zero-order valence-corrected chi connectivity index (χ0v) is 10.0. The molecule has 0 atom stereocenters. The van der Waals surface area contributed by atoms with Crippen LogP contribution in [0.3, 0.4) is 0 Å². The summed E-state index contributed by atoms with van der Waals surface area (Å²) in [4.78, 5) is 3.97. The third kappa shape index (κ3) is 2.74. The van der Waals surface area contributed by atoms with Gasteiger partial charge < -0.3 is 10.9 Å². The Morgan fingerprint density at radius 1 is 1.62 bits per heavy atom. The molecule has 1 aromatic rings. The van der Waals surface area contributed by atoms with Crippen molar-refractivity contribution in [2.45, 2.75) is 25.8 Å². The molecule has 16 heavy (non-hydrogen) atoms. The van der Waals surface area contributed by atoms with Gasteiger partial charge in [-0.25, -0.2) is 0 Å². The molecule has 1 aromatic heterocycles. The van der Waals surface area contributed by atoms with E-state index in [1.54, 1.807) is 0 Å². The molecule has 3 N–H and O–H groups in total. The Hall–Kier alpha value is -1.07. The van der Waals surface area contributed by atoms with E-state index >= 15 is 0 Å². The summed E-state index contributed by atoms with van der Waals surface area (Å²) in [6.07, 6.45) is 2.79. The van der Waals surface area contributed by atoms with Crippen LogP contribution in [0.1, 0.15) is 23.3 Å². The highest BCUT2D eigenvalue weighted by atomic mass is 32.1. The lowest BCUT2D eigenvalue weighted by Crippen LogP contribution is -2.31. The van der Waals surface area contributed by atoms with Gasteiger partial charge in [0, 0.05) is 24.4 Å². The lowest BCUT2D eigenvalue weighted by molar-refractivity contribution is 0.253. The van der Waals surface area contributed by atoms with Crippen LogP contribution >= 0.6 is 11.3 Å². The van der Waals surface area contributed by atoms with Crippen molar-refractivity contribution >= 4 is 17.2 Å². The highest BCUT2D eigenvalue weighted by molar-refractivity contribution is 7.10. The van der Waals surface area contributed by atoms with Crippen LogP contribution in [0.25, 0.3) is 0 Å². The first kappa shape index (κ1) is 11.4. The first-order chi connectivity index (χ1) is 7.79. The van der Waals surface area contributed by atoms with Gasteiger partial charge in [0.05, 0.1) is 0 Å². The van der Waals surface area contributed by atoms with Crippen molar-refractivity contribution in [1.82, 2.24) is 4.90 Å². The minimum Gasteiger partial charge on any atom is -0.409 e. The fourth-order valence-corrected chi connectivity index (χ4v) is 2.92. The highest BCUT2D eigenvalue weighted by Crippen LogP contribution is 2.23. The van der Waals surface area contributed by atoms with Crippen LogP contribution in [0.15, 0.2) is 16.6 Å². The van der Waals surface area contributed by atoms with Crippen LogP contribution in [0, 0.1) is 0 Å². The Morgan fingerprint density at radius 2 is 2.50 bits per heavy atom. The molecule has 5 heteroatoms. The largest absolute Gasteiger partial charge is 0.409 e. The van der Waals surface area contributed by atoms with Gasteiger partial charge >= 0.3 is 0 Å². The van der Waals surface area contributed by atoms with Gasteiger partial charge in [-0.05, 0) is 36.4 Å². The molecule has 0 unspecified atom stereocenters. The number of hydrogen-bond donors (Lipinski definition) is 2. The molecule has 0 amide bonds. The van der Waals surface area contributed by atoms with Crippen molar-refractivity contribution in [2.75, 3.05) is 13.1 Å². The maximum atomic E-state index is 8.42. The second kappa shape index (κ2) is 5.32. The van der Waals surface area contributed by atoms with Crippen molar-refractivity contribution in [1.29, 1.82) is 0 Å². The maximum absolute atomic E-state index is 8.42. The first-order valence-electron chi connectivity index (χ1n) is 5.53. The molecule has 0 bridgehead atoms. The lowest BCUT2D eigenvalue weighted by Gasteiger charge is -2.26. The van der Waals surface area contributed by atoms with Crippen LogP contribution in [-0.2, 0) is 13.0 Å². The summed E-state index contributed by atoms with van der Waals surface area (Å²) in [5.41, 5.74) is 6.90. The number of nitrogens with two attached hydrogens (primary N) is 1. The standard InChI is InChI=1S/C11H17N3OS/c12-11(13-15)2-1-5-14-6-3-10-9(8-14)4-7-16-10/h4,7,15H,1-3,5-6,8H2,(H2,12,13). The quantitative estimate of drug-likeness (QED) is 0.363. The van der Waals surface area contributed by atoms with Gasteiger partial charge in [-0.3, -0.25) is 4.90 Å². The molecule has 0 saturated carbocycles. The van der Waals surface area contributed by atoms with Crippen LogP contribution < -0.4 is 5.73 Å². The van der Waals surface area contributed by atoms with E-state index in [0.717, 1.165) is 32.5 Å². The van der Waals surface area contributed by atoms with Crippen molar-refractivity contribution in [3.05, 3.63) is 21.9 Å². The van der Waals surface area contributed by atoms with Gasteiger partial charge in [-0.1, -0.05) is 5.16 Å². The Labute approximate surface area is 99.4 Å². The molecule has 0 spiro atoms. The summed E-state index contributed by atoms with van der Waals surface area (Å²) >= 11 is 1.86. The number of nitrogens with zero attached hydrogens (tertiary/aromatic N) is 2. The van der Waals surface area contributed by atoms with Crippen LogP contribution in [-0.4, -0.2) is 29.0 Å². The molecule has 1 aliphatic rings. The van der Waals surface area contributed by atoms with Gasteiger partial charge in [0.25, 0.3) is 0 Å². The topological polar surface area (TPSA) is 61.8 Å². The summed E-state index contributed by atoms with van der Waals surface area (Å²) in [5, 5.41) is 13.6. The van der Waals surface area contributed by atoms with Crippen molar-refractivity contribution in [2.24, 2.45) is 10.9 Å². The van der Waals surface area contributed by atoms with Gasteiger partial charge in [0.1, 0.15) is 5.84 Å². The Morgan fingerprint density at radius 3 is 3.31 bits per heavy atom. The molecule has 1 aliphatic heterocycles. The SMILES string of the molecule is N/C(CCCN1CCc2sccc2C1)=N\O. The van der Waals surface area contributed by atoms with E-state index in [4.69, 9.17) is 10.9 Å². The highest BCUT2D eigenvalue weighted by Gasteiger charge is 2.16. The number of thiophene rings is 1. The van der Waals surface area contributed by atoms with Crippen LogP contribution in [0.2, 0.25) is 0 Å². The number of rotatable bonds is 4. The summed E-state index contributed by atoms with van der Waals surface area (Å²) in [7, 11) is 0. The van der Waals surface area contributed by atoms with E-state index in [1.807, 2.05) is 11.3 Å². The maximum Gasteiger partial charge on any atom is 0.139 e. The fraction of sp³-hybridized carbons (Fsp3) is 0.545. The van der Waals surface area contributed by atoms with Crippen molar-refractivity contribution in [3.63, 3.8) is 0 Å². The minimum absolute atomic E-state index is 0.327. The predicted octanol–water partition coefficient (Wildman–Crippen LogP) is 1.63. The van der Waals surface area contributed by atoms with Gasteiger partial charge in [-0.15, -0.1) is 11.3 Å². The average Bonchev–Trinajstić information content (AvgIpc) is 2.76. The zero-order chi connectivity index (χ0) is 11.4. The predicted molar refractivity (Wildman–Crippen MR) is 65.9 cm³/mol. The van der Waals surface area contributed by atoms with Gasteiger partial charge in [0.2, 0.25) is 0 Å². The summed E-state index contributed by atoms with van der Waals surface area (Å²) < 4.78 is 0. The van der Waals surface area contributed by atoms with Crippen LogP contribution in [0.5, 0.6) is 0 Å². The van der Waals surface area contributed by atoms with E-state index in [-0.39, 0.29) is 0 Å². The molecular formula is C11H17N3OS. The molecule has 0 saturated heterocycles. The Bertz CT molecular complexity index is 375. The third-order valence-electron chi connectivity index (χ3n) is 2.92. The fourth-order valence-electron chi connectivity index (χ4n) is 2.03. The molecular weight excluding hydrogens is 222 g/mol. The number of oxime groups is 1. The van der Waals surface area contributed by atoms with E-state index in [9.17, 15) is 0 Å². The molecule has 2 heterocycles. The Kier molecular flexibility index (Phi) is 3.79. The number of fused-ring (bicyclic) bond motifs is 1. The zero-order valence-electron chi connectivity index (χ0n) is 9.22. The van der Waals surface area contributed by atoms with E-state index < -0.39 is 0 Å². The molecule has 88 valence electrons.